The number of benzene rings is 1. The van der Waals surface area contributed by atoms with Crippen molar-refractivity contribution in [3.63, 3.8) is 0 Å². The van der Waals surface area contributed by atoms with E-state index in [-0.39, 0.29) is 16.6 Å². The summed E-state index contributed by atoms with van der Waals surface area (Å²) in [5, 5.41) is 21.1. The molecule has 0 atom stereocenters. The fourth-order valence-electron chi connectivity index (χ4n) is 1.94. The molecule has 0 saturated carbocycles. The lowest BCUT2D eigenvalue weighted by molar-refractivity contribution is -0.0435. The summed E-state index contributed by atoms with van der Waals surface area (Å²) in [4.78, 5) is 12.0. The lowest BCUT2D eigenvalue weighted by atomic mass is 10.1. The molecule has 0 amide bonds. The smallest absolute Gasteiger partial charge is 0.197 e. The summed E-state index contributed by atoms with van der Waals surface area (Å²) < 4.78 is 15.1. The first-order chi connectivity index (χ1) is 8.99. The fourth-order valence-corrected chi connectivity index (χ4v) is 1.94. The molecule has 0 aliphatic carbocycles. The minimum atomic E-state index is -1.93. The number of fused-ring (bicyclic) bond motifs is 1. The topological polar surface area (TPSA) is 97.1 Å². The van der Waals surface area contributed by atoms with Gasteiger partial charge >= 0.3 is 0 Å². The van der Waals surface area contributed by atoms with Gasteiger partial charge in [-0.2, -0.15) is 0 Å². The standard InChI is InChI=1S/C12H11FN3O3/c1-2-16-5-7(12(18)19)11(17)6-3-8(13)9(15-14)4-10(6)16/h3-5,12,18-19H,2H2,1H3/q-1. The molecular weight excluding hydrogens is 253 g/mol. The number of rotatable bonds is 3. The molecule has 100 valence electrons. The van der Waals surface area contributed by atoms with E-state index in [1.165, 1.54) is 12.3 Å². The van der Waals surface area contributed by atoms with E-state index in [1.807, 2.05) is 0 Å². The van der Waals surface area contributed by atoms with Crippen LogP contribution >= 0.6 is 0 Å². The van der Waals surface area contributed by atoms with Crippen LogP contribution in [0.25, 0.3) is 16.4 Å². The molecule has 1 aromatic heterocycles. The Labute approximate surface area is 107 Å². The molecule has 7 heteroatoms. The van der Waals surface area contributed by atoms with Crippen LogP contribution in [0.5, 0.6) is 0 Å². The first-order valence-electron chi connectivity index (χ1n) is 5.57. The molecule has 1 heterocycles. The molecule has 0 radical (unpaired) electrons. The van der Waals surface area contributed by atoms with Crippen LogP contribution in [0.1, 0.15) is 18.8 Å². The maximum absolute atomic E-state index is 13.5. The van der Waals surface area contributed by atoms with Gasteiger partial charge in [-0.1, -0.05) is 0 Å². The third-order valence-corrected chi connectivity index (χ3v) is 2.90. The maximum atomic E-state index is 13.5. The third-order valence-electron chi connectivity index (χ3n) is 2.90. The third kappa shape index (κ3) is 2.13. The molecule has 2 N–H and O–H groups in total. The van der Waals surface area contributed by atoms with Gasteiger partial charge in [0.25, 0.3) is 0 Å². The predicted molar refractivity (Wildman–Crippen MR) is 66.5 cm³/mol. The van der Waals surface area contributed by atoms with Crippen molar-refractivity contribution in [3.8, 4) is 0 Å². The van der Waals surface area contributed by atoms with Crippen LogP contribution in [-0.4, -0.2) is 14.8 Å². The van der Waals surface area contributed by atoms with Crippen molar-refractivity contribution in [2.75, 3.05) is 0 Å². The van der Waals surface area contributed by atoms with Crippen LogP contribution in [-0.2, 0) is 6.54 Å². The van der Waals surface area contributed by atoms with Gasteiger partial charge in [-0.25, -0.2) is 4.39 Å². The molecule has 0 unspecified atom stereocenters. The number of nitrogens with zero attached hydrogens (tertiary/aromatic N) is 3. The molecular formula is C12H11FN3O3-. The summed E-state index contributed by atoms with van der Waals surface area (Å²) in [6.45, 7) is 2.20. The van der Waals surface area contributed by atoms with Gasteiger partial charge in [-0.15, -0.1) is 0 Å². The molecule has 0 aliphatic rings. The number of aliphatic hydroxyl groups is 2. The van der Waals surface area contributed by atoms with Crippen molar-refractivity contribution in [2.45, 2.75) is 19.8 Å². The number of hydrogen-bond acceptors (Lipinski definition) is 4. The Kier molecular flexibility index (Phi) is 3.41. The first kappa shape index (κ1) is 13.3. The van der Waals surface area contributed by atoms with Gasteiger partial charge in [0.1, 0.15) is 5.82 Å². The van der Waals surface area contributed by atoms with Gasteiger partial charge in [0.05, 0.1) is 16.8 Å². The number of pyridine rings is 1. The maximum Gasteiger partial charge on any atom is 0.197 e. The van der Waals surface area contributed by atoms with E-state index in [0.29, 0.717) is 12.1 Å². The van der Waals surface area contributed by atoms with Crippen molar-refractivity contribution < 1.29 is 14.6 Å². The number of hydrogen-bond donors (Lipinski definition) is 2. The van der Waals surface area contributed by atoms with Crippen LogP contribution in [0.3, 0.4) is 0 Å². The summed E-state index contributed by atoms with van der Waals surface area (Å²) in [6.07, 6.45) is -0.644. The minimum Gasteiger partial charge on any atom is -0.706 e. The van der Waals surface area contributed by atoms with Crippen molar-refractivity contribution in [1.82, 2.24) is 4.57 Å². The Morgan fingerprint density at radius 3 is 2.68 bits per heavy atom. The molecule has 0 bridgehead atoms. The molecule has 6 nitrogen and oxygen atoms in total. The van der Waals surface area contributed by atoms with Crippen LogP contribution in [0.15, 0.2) is 28.2 Å². The molecule has 2 rings (SSSR count). The Bertz CT molecular complexity index is 709. The largest absolute Gasteiger partial charge is 0.706 e. The van der Waals surface area contributed by atoms with Crippen molar-refractivity contribution >= 4 is 16.6 Å². The zero-order chi connectivity index (χ0) is 14.2. The number of aliphatic hydroxyl groups excluding tert-OH is 1. The van der Waals surface area contributed by atoms with Gasteiger partial charge in [0.2, 0.25) is 0 Å². The Morgan fingerprint density at radius 2 is 2.16 bits per heavy atom. The molecule has 0 aliphatic heterocycles. The average Bonchev–Trinajstić information content (AvgIpc) is 2.38. The van der Waals surface area contributed by atoms with Crippen molar-refractivity contribution in [2.24, 2.45) is 5.11 Å². The Morgan fingerprint density at radius 1 is 1.47 bits per heavy atom. The summed E-state index contributed by atoms with van der Waals surface area (Å²) in [5.74, 6) is -0.862. The van der Waals surface area contributed by atoms with Gasteiger partial charge in [-0.3, -0.25) is 4.79 Å². The van der Waals surface area contributed by atoms with Gasteiger partial charge in [0, 0.05) is 18.1 Å². The lowest BCUT2D eigenvalue weighted by Gasteiger charge is -2.13. The quantitative estimate of drug-likeness (QED) is 0.653. The number of halogens is 1. The van der Waals surface area contributed by atoms with E-state index in [1.54, 1.807) is 11.5 Å². The monoisotopic (exact) mass is 264 g/mol. The van der Waals surface area contributed by atoms with Crippen LogP contribution in [0, 0.1) is 5.82 Å². The van der Waals surface area contributed by atoms with Gasteiger partial charge in [0.15, 0.2) is 11.7 Å². The normalized spacial score (nSPS) is 11.2. The van der Waals surface area contributed by atoms with E-state index in [2.05, 4.69) is 5.11 Å². The zero-order valence-electron chi connectivity index (χ0n) is 10.0. The first-order valence-corrected chi connectivity index (χ1v) is 5.57. The highest BCUT2D eigenvalue weighted by Crippen LogP contribution is 2.24. The molecule has 19 heavy (non-hydrogen) atoms. The Hall–Kier alpha value is -2.12. The van der Waals surface area contributed by atoms with Crippen LogP contribution in [0.4, 0.5) is 10.1 Å². The molecule has 1 aromatic carbocycles. The lowest BCUT2D eigenvalue weighted by Crippen LogP contribution is -2.17. The SMILES string of the molecule is CCn1cc(C(O)O)c(=O)c2cc(F)c(N=[N-])cc21. The highest BCUT2D eigenvalue weighted by atomic mass is 19.1. The van der Waals surface area contributed by atoms with Crippen LogP contribution < -0.4 is 5.43 Å². The predicted octanol–water partition coefficient (Wildman–Crippen LogP) is 1.80. The van der Waals surface area contributed by atoms with E-state index in [0.717, 1.165) is 6.07 Å². The second kappa shape index (κ2) is 4.87. The summed E-state index contributed by atoms with van der Waals surface area (Å²) in [7, 11) is 0. The fraction of sp³-hybridized carbons (Fsp3) is 0.250. The second-order valence-corrected chi connectivity index (χ2v) is 3.99. The van der Waals surface area contributed by atoms with Crippen LogP contribution in [0.2, 0.25) is 0 Å². The number of aromatic nitrogens is 1. The number of aryl methyl sites for hydroxylation is 1. The molecule has 2 aromatic rings. The van der Waals surface area contributed by atoms with E-state index < -0.39 is 17.5 Å². The second-order valence-electron chi connectivity index (χ2n) is 3.99. The summed E-state index contributed by atoms with van der Waals surface area (Å²) in [6, 6.07) is 2.15. The molecule has 0 fully saturated rings. The summed E-state index contributed by atoms with van der Waals surface area (Å²) in [5.41, 5.74) is 7.84. The van der Waals surface area contributed by atoms with Gasteiger partial charge in [-0.05, 0) is 19.1 Å². The van der Waals surface area contributed by atoms with Gasteiger partial charge < -0.3 is 25.4 Å². The average molecular weight is 264 g/mol. The summed E-state index contributed by atoms with van der Waals surface area (Å²) >= 11 is 0. The van der Waals surface area contributed by atoms with E-state index >= 15 is 0 Å². The van der Waals surface area contributed by atoms with Crippen molar-refractivity contribution in [3.05, 3.63) is 45.5 Å². The minimum absolute atomic E-state index is 0.00245. The Balaban J connectivity index is 2.94. The van der Waals surface area contributed by atoms with Crippen molar-refractivity contribution in [1.29, 1.82) is 0 Å². The molecule has 0 saturated heterocycles. The van der Waals surface area contributed by atoms with E-state index in [4.69, 9.17) is 15.7 Å². The highest BCUT2D eigenvalue weighted by molar-refractivity contribution is 5.83. The highest BCUT2D eigenvalue weighted by Gasteiger charge is 2.15. The van der Waals surface area contributed by atoms with E-state index in [9.17, 15) is 9.18 Å². The molecule has 0 spiro atoms. The zero-order valence-corrected chi connectivity index (χ0v) is 10.0.